The molecule has 0 N–H and O–H groups in total. The SMILES string of the molecule is CCCCCCCCCC(=O)OC(CCC=O)C(COC(=O)C(CCCCCCC)C(=O)CCCCCC)OC(=O)CCCCCCCCC. The topological polar surface area (TPSA) is 113 Å². The van der Waals surface area contributed by atoms with Crippen molar-refractivity contribution < 1.29 is 38.2 Å². The van der Waals surface area contributed by atoms with Crippen LogP contribution in [-0.2, 0) is 38.2 Å². The maximum atomic E-state index is 13.5. The minimum Gasteiger partial charge on any atom is -0.461 e. The lowest BCUT2D eigenvalue weighted by Crippen LogP contribution is -2.40. The number of aldehydes is 1. The zero-order valence-electron chi connectivity index (χ0n) is 32.8. The molecule has 8 nitrogen and oxygen atoms in total. The molecule has 0 fully saturated rings. The van der Waals surface area contributed by atoms with Gasteiger partial charge in [-0.25, -0.2) is 0 Å². The first-order valence-electron chi connectivity index (χ1n) is 20.9. The van der Waals surface area contributed by atoms with Crippen LogP contribution in [0.5, 0.6) is 0 Å². The molecule has 0 spiro atoms. The van der Waals surface area contributed by atoms with Crippen LogP contribution in [0.1, 0.15) is 214 Å². The second-order valence-electron chi connectivity index (χ2n) is 14.2. The molecule has 0 bridgehead atoms. The highest BCUT2D eigenvalue weighted by molar-refractivity contribution is 5.98. The van der Waals surface area contributed by atoms with E-state index in [1.807, 2.05) is 0 Å². The lowest BCUT2D eigenvalue weighted by molar-refractivity contribution is -0.178. The Morgan fingerprint density at radius 3 is 1.36 bits per heavy atom. The van der Waals surface area contributed by atoms with Crippen molar-refractivity contribution in [1.82, 2.24) is 0 Å². The standard InChI is InChI=1S/C42H76O8/c1-5-9-13-17-19-22-26-32-40(45)49-38(31-28-34-43)39(50-41(46)33-27-23-20-18-14-10-6-2)35-48-42(47)36(29-24-21-15-11-7-3)37(44)30-25-16-12-8-4/h34,36,38-39H,5-33,35H2,1-4H3. The van der Waals surface area contributed by atoms with Gasteiger partial charge in [0.2, 0.25) is 0 Å². The van der Waals surface area contributed by atoms with Gasteiger partial charge in [0.15, 0.2) is 6.10 Å². The molecule has 3 unspecified atom stereocenters. The van der Waals surface area contributed by atoms with Crippen LogP contribution in [0.2, 0.25) is 0 Å². The maximum Gasteiger partial charge on any atom is 0.316 e. The number of hydrogen-bond acceptors (Lipinski definition) is 8. The van der Waals surface area contributed by atoms with Crippen molar-refractivity contribution >= 4 is 30.0 Å². The Hall–Kier alpha value is -2.25. The van der Waals surface area contributed by atoms with Gasteiger partial charge in [-0.15, -0.1) is 0 Å². The van der Waals surface area contributed by atoms with E-state index >= 15 is 0 Å². The zero-order valence-corrected chi connectivity index (χ0v) is 32.8. The predicted molar refractivity (Wildman–Crippen MR) is 202 cm³/mol. The second-order valence-corrected chi connectivity index (χ2v) is 14.2. The molecule has 292 valence electrons. The summed E-state index contributed by atoms with van der Waals surface area (Å²) in [5.41, 5.74) is 0. The Bertz CT molecular complexity index is 857. The third kappa shape index (κ3) is 27.5. The molecule has 0 saturated heterocycles. The van der Waals surface area contributed by atoms with Gasteiger partial charge in [-0.2, -0.15) is 0 Å². The number of ether oxygens (including phenoxy) is 3. The Morgan fingerprint density at radius 2 is 0.880 bits per heavy atom. The van der Waals surface area contributed by atoms with Crippen molar-refractivity contribution in [3.05, 3.63) is 0 Å². The molecule has 0 aromatic carbocycles. The summed E-state index contributed by atoms with van der Waals surface area (Å²) in [7, 11) is 0. The minimum absolute atomic E-state index is 0.103. The molecule has 0 aromatic heterocycles. The number of rotatable bonds is 37. The average molecular weight is 709 g/mol. The molecule has 0 aromatic rings. The molecule has 0 rings (SSSR count). The van der Waals surface area contributed by atoms with E-state index in [0.29, 0.717) is 25.7 Å². The van der Waals surface area contributed by atoms with Gasteiger partial charge >= 0.3 is 17.9 Å². The molecule has 0 saturated carbocycles. The van der Waals surface area contributed by atoms with Crippen LogP contribution in [-0.4, -0.2) is 48.8 Å². The van der Waals surface area contributed by atoms with E-state index in [1.54, 1.807) is 0 Å². The molecule has 0 radical (unpaired) electrons. The van der Waals surface area contributed by atoms with Crippen LogP contribution in [0.25, 0.3) is 0 Å². The minimum atomic E-state index is -1.06. The third-order valence-corrected chi connectivity index (χ3v) is 9.45. The van der Waals surface area contributed by atoms with Crippen LogP contribution in [0.15, 0.2) is 0 Å². The first-order chi connectivity index (χ1) is 24.3. The quantitative estimate of drug-likeness (QED) is 0.0206. The summed E-state index contributed by atoms with van der Waals surface area (Å²) in [4.78, 5) is 64.1. The Labute approximate surface area is 306 Å². The summed E-state index contributed by atoms with van der Waals surface area (Å²) in [6, 6.07) is 0. The average Bonchev–Trinajstić information content (AvgIpc) is 3.10. The summed E-state index contributed by atoms with van der Waals surface area (Å²) in [5.74, 6) is -2.44. The second kappa shape index (κ2) is 35.2. The first kappa shape index (κ1) is 47.8. The van der Waals surface area contributed by atoms with Crippen molar-refractivity contribution in [3.63, 3.8) is 0 Å². The molecule has 0 aliphatic rings. The fraction of sp³-hybridized carbons (Fsp3) is 0.881. The molecule has 0 heterocycles. The van der Waals surface area contributed by atoms with E-state index in [2.05, 4.69) is 27.7 Å². The van der Waals surface area contributed by atoms with Gasteiger partial charge in [-0.3, -0.25) is 19.2 Å². The van der Waals surface area contributed by atoms with Gasteiger partial charge in [0.05, 0.1) is 0 Å². The van der Waals surface area contributed by atoms with E-state index < -0.39 is 36.0 Å². The Kier molecular flexibility index (Phi) is 33.6. The summed E-state index contributed by atoms with van der Waals surface area (Å²) >= 11 is 0. The van der Waals surface area contributed by atoms with Gasteiger partial charge in [-0.1, -0.05) is 156 Å². The maximum absolute atomic E-state index is 13.5. The van der Waals surface area contributed by atoms with E-state index in [0.717, 1.165) is 103 Å². The molecule has 50 heavy (non-hydrogen) atoms. The fourth-order valence-electron chi connectivity index (χ4n) is 6.21. The van der Waals surface area contributed by atoms with Crippen LogP contribution < -0.4 is 0 Å². The lowest BCUT2D eigenvalue weighted by Gasteiger charge is -2.27. The Balaban J connectivity index is 5.63. The largest absolute Gasteiger partial charge is 0.461 e. The van der Waals surface area contributed by atoms with E-state index in [-0.39, 0.29) is 38.1 Å². The molecule has 8 heteroatoms. The van der Waals surface area contributed by atoms with Gasteiger partial charge in [-0.05, 0) is 32.1 Å². The van der Waals surface area contributed by atoms with Crippen LogP contribution in [0, 0.1) is 5.92 Å². The molecule has 0 aliphatic heterocycles. The van der Waals surface area contributed by atoms with Crippen molar-refractivity contribution in [2.75, 3.05) is 6.61 Å². The summed E-state index contributed by atoms with van der Waals surface area (Å²) in [6.07, 6.45) is 23.8. The van der Waals surface area contributed by atoms with Gasteiger partial charge in [0, 0.05) is 25.7 Å². The van der Waals surface area contributed by atoms with Crippen molar-refractivity contribution in [3.8, 4) is 0 Å². The van der Waals surface area contributed by atoms with E-state index in [1.165, 1.54) is 38.5 Å². The molecular formula is C42H76O8. The highest BCUT2D eigenvalue weighted by atomic mass is 16.6. The lowest BCUT2D eigenvalue weighted by atomic mass is 9.93. The zero-order chi connectivity index (χ0) is 37.1. The van der Waals surface area contributed by atoms with Crippen molar-refractivity contribution in [2.24, 2.45) is 5.92 Å². The molecular weight excluding hydrogens is 632 g/mol. The first-order valence-corrected chi connectivity index (χ1v) is 20.9. The highest BCUT2D eigenvalue weighted by Gasteiger charge is 2.33. The number of unbranched alkanes of at least 4 members (excludes halogenated alkanes) is 19. The normalized spacial score (nSPS) is 13.0. The van der Waals surface area contributed by atoms with E-state index in [9.17, 15) is 24.0 Å². The van der Waals surface area contributed by atoms with Crippen LogP contribution in [0.3, 0.4) is 0 Å². The van der Waals surface area contributed by atoms with Crippen molar-refractivity contribution in [2.45, 2.75) is 226 Å². The monoisotopic (exact) mass is 709 g/mol. The molecule has 0 aliphatic carbocycles. The number of esters is 3. The van der Waals surface area contributed by atoms with Crippen LogP contribution >= 0.6 is 0 Å². The smallest absolute Gasteiger partial charge is 0.316 e. The van der Waals surface area contributed by atoms with Crippen LogP contribution in [0.4, 0.5) is 0 Å². The fourth-order valence-corrected chi connectivity index (χ4v) is 6.21. The summed E-state index contributed by atoms with van der Waals surface area (Å²) in [5, 5.41) is 0. The Morgan fingerprint density at radius 1 is 0.480 bits per heavy atom. The predicted octanol–water partition coefficient (Wildman–Crippen LogP) is 11.1. The third-order valence-electron chi connectivity index (χ3n) is 9.45. The summed E-state index contributed by atoms with van der Waals surface area (Å²) < 4.78 is 17.4. The number of Topliss-reactive ketones (excluding diaryl/α,β-unsaturated/α-hetero) is 1. The van der Waals surface area contributed by atoms with E-state index in [4.69, 9.17) is 14.2 Å². The number of carbonyl (C=O) groups excluding carboxylic acids is 5. The molecule has 3 atom stereocenters. The number of ketones is 1. The highest BCUT2D eigenvalue weighted by Crippen LogP contribution is 2.21. The van der Waals surface area contributed by atoms with Gasteiger partial charge < -0.3 is 19.0 Å². The van der Waals surface area contributed by atoms with Gasteiger partial charge in [0.25, 0.3) is 0 Å². The van der Waals surface area contributed by atoms with Gasteiger partial charge in [0.1, 0.15) is 30.7 Å². The van der Waals surface area contributed by atoms with Crippen molar-refractivity contribution in [1.29, 1.82) is 0 Å². The summed E-state index contributed by atoms with van der Waals surface area (Å²) in [6.45, 7) is 8.30. The molecule has 0 amide bonds. The number of hydrogen-bond donors (Lipinski definition) is 0. The number of carbonyl (C=O) groups is 5.